The molecule has 1 aliphatic heterocycles. The molecular formula is C16H17N. The van der Waals surface area contributed by atoms with E-state index < -0.39 is 0 Å². The standard InChI is InChI=1S/C16H17N/c1-17-12-11-14(13-7-3-2-4-8-13)15-9-5-6-10-16(15)17/h2-10,14H,11-12H2,1H3. The van der Waals surface area contributed by atoms with Gasteiger partial charge in [-0.3, -0.25) is 0 Å². The predicted molar refractivity (Wildman–Crippen MR) is 72.6 cm³/mol. The van der Waals surface area contributed by atoms with E-state index in [2.05, 4.69) is 66.5 Å². The predicted octanol–water partition coefficient (Wildman–Crippen LogP) is 3.66. The van der Waals surface area contributed by atoms with Crippen LogP contribution in [0.4, 0.5) is 5.69 Å². The molecule has 0 amide bonds. The second-order valence-corrected chi connectivity index (χ2v) is 4.73. The number of nitrogens with zero attached hydrogens (tertiary/aromatic N) is 1. The monoisotopic (exact) mass is 223 g/mol. The Kier molecular flexibility index (Phi) is 2.60. The van der Waals surface area contributed by atoms with Crippen LogP contribution in [-0.2, 0) is 0 Å². The van der Waals surface area contributed by atoms with Gasteiger partial charge in [-0.05, 0) is 23.6 Å². The first kappa shape index (κ1) is 10.4. The smallest absolute Gasteiger partial charge is 0.0402 e. The van der Waals surface area contributed by atoms with E-state index in [0.29, 0.717) is 5.92 Å². The van der Waals surface area contributed by atoms with Crippen molar-refractivity contribution in [3.05, 3.63) is 65.7 Å². The summed E-state index contributed by atoms with van der Waals surface area (Å²) in [6.07, 6.45) is 1.21. The first-order chi connectivity index (χ1) is 8.36. The topological polar surface area (TPSA) is 3.24 Å². The molecule has 1 heterocycles. The normalized spacial score (nSPS) is 18.9. The number of rotatable bonds is 1. The fourth-order valence-corrected chi connectivity index (χ4v) is 2.76. The summed E-state index contributed by atoms with van der Waals surface area (Å²) in [4.78, 5) is 2.36. The second-order valence-electron chi connectivity index (χ2n) is 4.73. The highest BCUT2D eigenvalue weighted by Crippen LogP contribution is 2.38. The molecule has 0 saturated heterocycles. The minimum absolute atomic E-state index is 0.559. The number of para-hydroxylation sites is 1. The second kappa shape index (κ2) is 4.25. The molecule has 0 N–H and O–H groups in total. The van der Waals surface area contributed by atoms with Crippen molar-refractivity contribution in [3.63, 3.8) is 0 Å². The van der Waals surface area contributed by atoms with Gasteiger partial charge in [-0.25, -0.2) is 0 Å². The quantitative estimate of drug-likeness (QED) is 0.713. The largest absolute Gasteiger partial charge is 0.374 e. The van der Waals surface area contributed by atoms with Crippen molar-refractivity contribution in [2.75, 3.05) is 18.5 Å². The zero-order chi connectivity index (χ0) is 11.7. The Bertz CT molecular complexity index is 504. The van der Waals surface area contributed by atoms with Gasteiger partial charge in [0.25, 0.3) is 0 Å². The molecule has 0 aliphatic carbocycles. The third-order valence-electron chi connectivity index (χ3n) is 3.68. The average Bonchev–Trinajstić information content (AvgIpc) is 2.41. The summed E-state index contributed by atoms with van der Waals surface area (Å²) < 4.78 is 0. The summed E-state index contributed by atoms with van der Waals surface area (Å²) in [6, 6.07) is 19.6. The fraction of sp³-hybridized carbons (Fsp3) is 0.250. The molecule has 0 fully saturated rings. The third-order valence-corrected chi connectivity index (χ3v) is 3.68. The summed E-state index contributed by atoms with van der Waals surface area (Å²) in [5, 5.41) is 0. The van der Waals surface area contributed by atoms with E-state index in [4.69, 9.17) is 0 Å². The molecule has 2 aromatic rings. The van der Waals surface area contributed by atoms with Crippen LogP contribution in [0.5, 0.6) is 0 Å². The molecule has 17 heavy (non-hydrogen) atoms. The van der Waals surface area contributed by atoms with Gasteiger partial charge < -0.3 is 4.90 Å². The summed E-state index contributed by atoms with van der Waals surface area (Å²) in [5.74, 6) is 0.559. The van der Waals surface area contributed by atoms with Gasteiger partial charge in [0.05, 0.1) is 0 Å². The van der Waals surface area contributed by atoms with Crippen LogP contribution in [0.25, 0.3) is 0 Å². The molecule has 1 unspecified atom stereocenters. The summed E-state index contributed by atoms with van der Waals surface area (Å²) in [6.45, 7) is 1.14. The van der Waals surface area contributed by atoms with Crippen molar-refractivity contribution in [1.29, 1.82) is 0 Å². The molecule has 0 radical (unpaired) electrons. The minimum atomic E-state index is 0.559. The van der Waals surface area contributed by atoms with Crippen molar-refractivity contribution in [2.24, 2.45) is 0 Å². The molecule has 0 bridgehead atoms. The van der Waals surface area contributed by atoms with Gasteiger partial charge in [-0.2, -0.15) is 0 Å². The van der Waals surface area contributed by atoms with Gasteiger partial charge in [-0.15, -0.1) is 0 Å². The molecule has 0 aromatic heterocycles. The summed E-state index contributed by atoms with van der Waals surface area (Å²) in [7, 11) is 2.18. The Morgan fingerprint density at radius 3 is 2.47 bits per heavy atom. The van der Waals surface area contributed by atoms with Crippen LogP contribution < -0.4 is 4.90 Å². The highest BCUT2D eigenvalue weighted by molar-refractivity contribution is 5.58. The highest BCUT2D eigenvalue weighted by Gasteiger charge is 2.23. The molecule has 3 rings (SSSR count). The zero-order valence-electron chi connectivity index (χ0n) is 10.1. The first-order valence-corrected chi connectivity index (χ1v) is 6.21. The third kappa shape index (κ3) is 1.82. The van der Waals surface area contributed by atoms with E-state index in [1.807, 2.05) is 0 Å². The Hall–Kier alpha value is -1.76. The lowest BCUT2D eigenvalue weighted by Crippen LogP contribution is -2.27. The average molecular weight is 223 g/mol. The minimum Gasteiger partial charge on any atom is -0.374 e. The molecule has 2 aromatic carbocycles. The number of hydrogen-bond acceptors (Lipinski definition) is 1. The number of hydrogen-bond donors (Lipinski definition) is 0. The fourth-order valence-electron chi connectivity index (χ4n) is 2.76. The molecular weight excluding hydrogens is 206 g/mol. The Labute approximate surface area is 103 Å². The van der Waals surface area contributed by atoms with Gasteiger partial charge in [0.2, 0.25) is 0 Å². The van der Waals surface area contributed by atoms with E-state index in [-0.39, 0.29) is 0 Å². The maximum atomic E-state index is 2.36. The lowest BCUT2D eigenvalue weighted by Gasteiger charge is -2.33. The maximum absolute atomic E-state index is 2.36. The van der Waals surface area contributed by atoms with Gasteiger partial charge in [0, 0.05) is 25.2 Å². The summed E-state index contributed by atoms with van der Waals surface area (Å²) >= 11 is 0. The van der Waals surface area contributed by atoms with E-state index >= 15 is 0 Å². The Morgan fingerprint density at radius 1 is 0.941 bits per heavy atom. The van der Waals surface area contributed by atoms with E-state index in [0.717, 1.165) is 6.54 Å². The highest BCUT2D eigenvalue weighted by atomic mass is 15.1. The van der Waals surface area contributed by atoms with Crippen LogP contribution >= 0.6 is 0 Å². The van der Waals surface area contributed by atoms with Crippen LogP contribution in [0.3, 0.4) is 0 Å². The Morgan fingerprint density at radius 2 is 1.65 bits per heavy atom. The van der Waals surface area contributed by atoms with Gasteiger partial charge in [-0.1, -0.05) is 48.5 Å². The van der Waals surface area contributed by atoms with Gasteiger partial charge in [0.1, 0.15) is 0 Å². The van der Waals surface area contributed by atoms with Crippen molar-refractivity contribution in [3.8, 4) is 0 Å². The van der Waals surface area contributed by atoms with E-state index in [9.17, 15) is 0 Å². The van der Waals surface area contributed by atoms with Crippen LogP contribution in [0.2, 0.25) is 0 Å². The van der Waals surface area contributed by atoms with Crippen LogP contribution in [0.15, 0.2) is 54.6 Å². The SMILES string of the molecule is CN1CCC(c2ccccc2)c2ccccc21. The van der Waals surface area contributed by atoms with E-state index in [1.165, 1.54) is 23.2 Å². The lowest BCUT2D eigenvalue weighted by atomic mass is 9.84. The summed E-state index contributed by atoms with van der Waals surface area (Å²) in [5.41, 5.74) is 4.29. The first-order valence-electron chi connectivity index (χ1n) is 6.21. The number of anilines is 1. The van der Waals surface area contributed by atoms with Crippen LogP contribution in [0.1, 0.15) is 23.5 Å². The van der Waals surface area contributed by atoms with E-state index in [1.54, 1.807) is 0 Å². The van der Waals surface area contributed by atoms with Gasteiger partial charge >= 0.3 is 0 Å². The molecule has 86 valence electrons. The Balaban J connectivity index is 2.07. The van der Waals surface area contributed by atoms with Crippen molar-refractivity contribution in [1.82, 2.24) is 0 Å². The van der Waals surface area contributed by atoms with Crippen molar-refractivity contribution >= 4 is 5.69 Å². The molecule has 1 atom stereocenters. The zero-order valence-corrected chi connectivity index (χ0v) is 10.1. The number of benzene rings is 2. The van der Waals surface area contributed by atoms with Crippen LogP contribution in [0, 0.1) is 0 Å². The molecule has 1 nitrogen and oxygen atoms in total. The van der Waals surface area contributed by atoms with Crippen molar-refractivity contribution < 1.29 is 0 Å². The van der Waals surface area contributed by atoms with Crippen molar-refractivity contribution in [2.45, 2.75) is 12.3 Å². The van der Waals surface area contributed by atoms with Gasteiger partial charge in [0.15, 0.2) is 0 Å². The molecule has 0 spiro atoms. The maximum Gasteiger partial charge on any atom is 0.0402 e. The molecule has 0 saturated carbocycles. The molecule has 1 aliphatic rings. The lowest BCUT2D eigenvalue weighted by molar-refractivity contribution is 0.666. The number of fused-ring (bicyclic) bond motifs is 1. The van der Waals surface area contributed by atoms with Crippen LogP contribution in [-0.4, -0.2) is 13.6 Å². The molecule has 1 heteroatoms.